The Morgan fingerprint density at radius 3 is 2.52 bits per heavy atom. The maximum atomic E-state index is 13.5. The third kappa shape index (κ3) is 4.67. The van der Waals surface area contributed by atoms with E-state index in [0.29, 0.717) is 29.9 Å². The van der Waals surface area contributed by atoms with Crippen LogP contribution in [0.2, 0.25) is 0 Å². The third-order valence-electron chi connectivity index (χ3n) is 6.27. The predicted octanol–water partition coefficient (Wildman–Crippen LogP) is 3.74. The summed E-state index contributed by atoms with van der Waals surface area (Å²) < 4.78 is 3.64. The summed E-state index contributed by atoms with van der Waals surface area (Å²) in [6.07, 6.45) is 7.86. The highest BCUT2D eigenvalue weighted by Gasteiger charge is 2.28. The molecule has 4 rings (SSSR count). The zero-order valence-corrected chi connectivity index (χ0v) is 19.2. The summed E-state index contributed by atoms with van der Waals surface area (Å²) in [6, 6.07) is 17.3. The van der Waals surface area contributed by atoms with Crippen LogP contribution >= 0.6 is 0 Å². The Kier molecular flexibility index (Phi) is 6.58. The second kappa shape index (κ2) is 9.73. The fraction of sp³-hybridized carbons (Fsp3) is 0.269. The molecule has 33 heavy (non-hydrogen) atoms. The number of benzene rings is 1. The van der Waals surface area contributed by atoms with Crippen LogP contribution in [-0.2, 0) is 7.05 Å². The zero-order valence-electron chi connectivity index (χ0n) is 19.2. The Morgan fingerprint density at radius 2 is 1.79 bits per heavy atom. The van der Waals surface area contributed by atoms with E-state index >= 15 is 0 Å². The van der Waals surface area contributed by atoms with Crippen LogP contribution in [0.4, 0.5) is 0 Å². The van der Waals surface area contributed by atoms with Gasteiger partial charge in [-0.25, -0.2) is 4.98 Å². The summed E-state index contributed by atoms with van der Waals surface area (Å²) in [5, 5.41) is 3.01. The van der Waals surface area contributed by atoms with Gasteiger partial charge in [0.25, 0.3) is 11.8 Å². The van der Waals surface area contributed by atoms with E-state index < -0.39 is 0 Å². The fourth-order valence-electron chi connectivity index (χ4n) is 4.33. The van der Waals surface area contributed by atoms with Crippen molar-refractivity contribution in [2.45, 2.75) is 25.3 Å². The molecular formula is C26H29N5O2. The quantitative estimate of drug-likeness (QED) is 0.451. The van der Waals surface area contributed by atoms with Crippen molar-refractivity contribution in [3.8, 4) is 0 Å². The summed E-state index contributed by atoms with van der Waals surface area (Å²) in [7, 11) is 3.68. The van der Waals surface area contributed by atoms with Gasteiger partial charge in [-0.05, 0) is 36.2 Å². The van der Waals surface area contributed by atoms with Crippen molar-refractivity contribution in [3.63, 3.8) is 0 Å². The Balaban J connectivity index is 1.55. The Morgan fingerprint density at radius 1 is 1.03 bits per heavy atom. The number of hydrogen-bond acceptors (Lipinski definition) is 3. The van der Waals surface area contributed by atoms with E-state index in [-0.39, 0.29) is 23.8 Å². The zero-order chi connectivity index (χ0) is 23.4. The minimum atomic E-state index is -0.121. The van der Waals surface area contributed by atoms with Gasteiger partial charge >= 0.3 is 0 Å². The maximum Gasteiger partial charge on any atom is 0.267 e. The van der Waals surface area contributed by atoms with Gasteiger partial charge < -0.3 is 19.2 Å². The van der Waals surface area contributed by atoms with Crippen LogP contribution < -0.4 is 5.32 Å². The smallest absolute Gasteiger partial charge is 0.267 e. The number of imidazole rings is 1. The molecular weight excluding hydrogens is 414 g/mol. The highest BCUT2D eigenvalue weighted by Crippen LogP contribution is 2.26. The third-order valence-corrected chi connectivity index (χ3v) is 6.27. The molecule has 7 nitrogen and oxygen atoms in total. The van der Waals surface area contributed by atoms with Crippen LogP contribution in [-0.4, -0.2) is 50.3 Å². The van der Waals surface area contributed by atoms with Crippen molar-refractivity contribution in [3.05, 3.63) is 96.2 Å². The molecule has 0 aliphatic heterocycles. The van der Waals surface area contributed by atoms with E-state index in [0.717, 1.165) is 5.56 Å². The number of carbonyl (C=O) groups is 2. The number of rotatable bonds is 8. The number of hydrogen-bond donors (Lipinski definition) is 1. The molecule has 2 atom stereocenters. The highest BCUT2D eigenvalue weighted by atomic mass is 16.2. The molecule has 1 aromatic carbocycles. The maximum absolute atomic E-state index is 13.5. The molecule has 2 unspecified atom stereocenters. The lowest BCUT2D eigenvalue weighted by molar-refractivity contribution is 0.0703. The standard InChI is InChI=1S/C26H29N5O2/c1-19(20-9-5-4-6-10-20)22(13-14-28-25(32)23-12-8-16-29(23)2)30(3)26(33)21-11-7-17-31-18-15-27-24(21)31/h4-12,15-19,22H,13-14H2,1-3H3,(H,28,32). The SMILES string of the molecule is CC(c1ccccc1)C(CCNC(=O)c1cccn1C)N(C)C(=O)c1cccn2ccnc12. The first kappa shape index (κ1) is 22.3. The van der Waals surface area contributed by atoms with Crippen LogP contribution in [0.1, 0.15) is 45.7 Å². The van der Waals surface area contributed by atoms with E-state index in [2.05, 4.69) is 29.4 Å². The van der Waals surface area contributed by atoms with Crippen molar-refractivity contribution in [2.75, 3.05) is 13.6 Å². The predicted molar refractivity (Wildman–Crippen MR) is 128 cm³/mol. The summed E-state index contributed by atoms with van der Waals surface area (Å²) in [5.41, 5.74) is 2.95. The number of carbonyl (C=O) groups excluding carboxylic acids is 2. The number of fused-ring (bicyclic) bond motifs is 1. The van der Waals surface area contributed by atoms with Gasteiger partial charge in [-0.2, -0.15) is 0 Å². The average molecular weight is 444 g/mol. The van der Waals surface area contributed by atoms with Crippen molar-refractivity contribution in [1.29, 1.82) is 0 Å². The number of amides is 2. The van der Waals surface area contributed by atoms with Crippen molar-refractivity contribution in [1.82, 2.24) is 24.2 Å². The van der Waals surface area contributed by atoms with Crippen molar-refractivity contribution < 1.29 is 9.59 Å². The molecule has 3 aromatic heterocycles. The van der Waals surface area contributed by atoms with Gasteiger partial charge in [0.2, 0.25) is 0 Å². The first-order chi connectivity index (χ1) is 16.0. The van der Waals surface area contributed by atoms with Crippen molar-refractivity contribution >= 4 is 17.5 Å². The van der Waals surface area contributed by atoms with E-state index in [9.17, 15) is 9.59 Å². The lowest BCUT2D eigenvalue weighted by atomic mass is 9.90. The average Bonchev–Trinajstić information content (AvgIpc) is 3.49. The first-order valence-electron chi connectivity index (χ1n) is 11.1. The minimum Gasteiger partial charge on any atom is -0.351 e. The highest BCUT2D eigenvalue weighted by molar-refractivity contribution is 5.99. The van der Waals surface area contributed by atoms with Gasteiger partial charge in [-0.3, -0.25) is 9.59 Å². The van der Waals surface area contributed by atoms with E-state index in [1.54, 1.807) is 21.7 Å². The normalized spacial score (nSPS) is 12.9. The monoisotopic (exact) mass is 443 g/mol. The summed E-state index contributed by atoms with van der Waals surface area (Å²) in [6.45, 7) is 2.58. The van der Waals surface area contributed by atoms with Crippen LogP contribution in [0.3, 0.4) is 0 Å². The first-order valence-corrected chi connectivity index (χ1v) is 11.1. The number of pyridine rings is 1. The molecule has 0 spiro atoms. The lowest BCUT2D eigenvalue weighted by Gasteiger charge is -2.33. The fourth-order valence-corrected chi connectivity index (χ4v) is 4.33. The van der Waals surface area contributed by atoms with Crippen LogP contribution in [0.5, 0.6) is 0 Å². The van der Waals surface area contributed by atoms with E-state index in [4.69, 9.17) is 0 Å². The Bertz CT molecular complexity index is 1240. The Labute approximate surface area is 193 Å². The lowest BCUT2D eigenvalue weighted by Crippen LogP contribution is -2.42. The second-order valence-corrected chi connectivity index (χ2v) is 8.31. The second-order valence-electron chi connectivity index (χ2n) is 8.31. The molecule has 170 valence electrons. The molecule has 2 amide bonds. The molecule has 0 aliphatic carbocycles. The molecule has 0 saturated heterocycles. The van der Waals surface area contributed by atoms with Gasteiger partial charge in [0.05, 0.1) is 5.56 Å². The largest absolute Gasteiger partial charge is 0.351 e. The van der Waals surface area contributed by atoms with Gasteiger partial charge in [0, 0.05) is 57.4 Å². The number of nitrogens with zero attached hydrogens (tertiary/aromatic N) is 4. The number of likely N-dealkylation sites (N-methyl/N-ethyl adjacent to an activating group) is 1. The number of nitrogens with one attached hydrogen (secondary N) is 1. The topological polar surface area (TPSA) is 71.6 Å². The van der Waals surface area contributed by atoms with Crippen LogP contribution in [0.25, 0.3) is 5.65 Å². The molecule has 1 N–H and O–H groups in total. The molecule has 0 radical (unpaired) electrons. The summed E-state index contributed by atoms with van der Waals surface area (Å²) in [5.74, 6) is -0.135. The van der Waals surface area contributed by atoms with Gasteiger partial charge in [-0.15, -0.1) is 0 Å². The molecule has 4 aromatic rings. The molecule has 7 heteroatoms. The molecule has 3 heterocycles. The molecule has 0 saturated carbocycles. The molecule has 0 fully saturated rings. The molecule has 0 bridgehead atoms. The number of aryl methyl sites for hydroxylation is 1. The summed E-state index contributed by atoms with van der Waals surface area (Å²) in [4.78, 5) is 32.3. The van der Waals surface area contributed by atoms with E-state index in [1.165, 1.54) is 0 Å². The summed E-state index contributed by atoms with van der Waals surface area (Å²) >= 11 is 0. The number of aromatic nitrogens is 3. The van der Waals surface area contributed by atoms with Gasteiger partial charge in [0.1, 0.15) is 11.3 Å². The minimum absolute atomic E-state index is 0.0755. The van der Waals surface area contributed by atoms with Gasteiger partial charge in [0.15, 0.2) is 0 Å². The Hall–Kier alpha value is -3.87. The van der Waals surface area contributed by atoms with Crippen LogP contribution in [0.15, 0.2) is 79.4 Å². The van der Waals surface area contributed by atoms with Gasteiger partial charge in [-0.1, -0.05) is 37.3 Å². The molecule has 0 aliphatic rings. The van der Waals surface area contributed by atoms with Crippen LogP contribution in [0, 0.1) is 0 Å². The van der Waals surface area contributed by atoms with Crippen molar-refractivity contribution in [2.24, 2.45) is 7.05 Å². The van der Waals surface area contributed by atoms with E-state index in [1.807, 2.05) is 73.5 Å².